The molecule has 1 aromatic carbocycles. The molecule has 0 aromatic heterocycles. The van der Waals surface area contributed by atoms with Crippen molar-refractivity contribution >= 4 is 5.96 Å². The van der Waals surface area contributed by atoms with Gasteiger partial charge in [-0.15, -0.1) is 0 Å². The van der Waals surface area contributed by atoms with E-state index in [4.69, 9.17) is 9.47 Å². The predicted molar refractivity (Wildman–Crippen MR) is 115 cm³/mol. The molecule has 1 aromatic rings. The Balaban J connectivity index is 1.42. The van der Waals surface area contributed by atoms with E-state index in [1.165, 1.54) is 18.4 Å². The topological polar surface area (TPSA) is 46.1 Å². The molecule has 0 saturated carbocycles. The van der Waals surface area contributed by atoms with E-state index in [0.29, 0.717) is 12.2 Å². The smallest absolute Gasteiger partial charge is 0.193 e. The highest BCUT2D eigenvalue weighted by Gasteiger charge is 2.26. The van der Waals surface area contributed by atoms with Gasteiger partial charge < -0.3 is 19.7 Å². The van der Waals surface area contributed by atoms with E-state index in [9.17, 15) is 0 Å². The first-order valence-corrected chi connectivity index (χ1v) is 10.8. The predicted octanol–water partition coefficient (Wildman–Crippen LogP) is 3.59. The van der Waals surface area contributed by atoms with Crippen molar-refractivity contribution in [2.75, 3.05) is 39.9 Å². The second-order valence-corrected chi connectivity index (χ2v) is 8.66. The fourth-order valence-corrected chi connectivity index (χ4v) is 4.04. The molecule has 2 aliphatic heterocycles. The molecule has 5 nitrogen and oxygen atoms in total. The Morgan fingerprint density at radius 1 is 1.18 bits per heavy atom. The van der Waals surface area contributed by atoms with Gasteiger partial charge in [-0.2, -0.15) is 0 Å². The molecule has 0 spiro atoms. The fourth-order valence-electron chi connectivity index (χ4n) is 4.04. The van der Waals surface area contributed by atoms with Crippen LogP contribution in [0.1, 0.15) is 51.5 Å². The molecule has 2 heterocycles. The summed E-state index contributed by atoms with van der Waals surface area (Å²) in [5.41, 5.74) is 1.40. The van der Waals surface area contributed by atoms with E-state index in [1.807, 2.05) is 7.05 Å². The largest absolute Gasteiger partial charge is 0.376 e. The van der Waals surface area contributed by atoms with Gasteiger partial charge in [0, 0.05) is 38.7 Å². The van der Waals surface area contributed by atoms with Crippen LogP contribution in [0.4, 0.5) is 0 Å². The third kappa shape index (κ3) is 5.95. The van der Waals surface area contributed by atoms with Crippen molar-refractivity contribution in [2.24, 2.45) is 4.99 Å². The molecule has 3 rings (SSSR count). The minimum atomic E-state index is 0.0542. The van der Waals surface area contributed by atoms with Crippen LogP contribution in [0.15, 0.2) is 35.3 Å². The molecular formula is C23H37N3O2. The van der Waals surface area contributed by atoms with Crippen molar-refractivity contribution in [3.8, 4) is 0 Å². The summed E-state index contributed by atoms with van der Waals surface area (Å²) in [6, 6.07) is 10.7. The average Bonchev–Trinajstić information content (AvgIpc) is 2.75. The third-order valence-corrected chi connectivity index (χ3v) is 5.99. The standard InChI is InChI=1S/C23H37N3O2/c1-23(2,19-9-5-4-6-10-19)18-25-22(24-3)26-14-12-20(13-15-26)28-17-21-11-7-8-16-27-21/h4-6,9-10,20-21H,7-8,11-18H2,1-3H3,(H,24,25). The molecular weight excluding hydrogens is 350 g/mol. The zero-order valence-corrected chi connectivity index (χ0v) is 17.8. The minimum Gasteiger partial charge on any atom is -0.376 e. The summed E-state index contributed by atoms with van der Waals surface area (Å²) in [5.74, 6) is 0.998. The van der Waals surface area contributed by atoms with Crippen molar-refractivity contribution < 1.29 is 9.47 Å². The van der Waals surface area contributed by atoms with Crippen LogP contribution >= 0.6 is 0 Å². The number of nitrogens with one attached hydrogen (secondary N) is 1. The Labute approximate surface area is 170 Å². The molecule has 0 aliphatic carbocycles. The summed E-state index contributed by atoms with van der Waals surface area (Å²) in [7, 11) is 1.88. The lowest BCUT2D eigenvalue weighted by molar-refractivity contribution is -0.0721. The van der Waals surface area contributed by atoms with E-state index in [0.717, 1.165) is 58.1 Å². The van der Waals surface area contributed by atoms with Crippen molar-refractivity contribution in [1.82, 2.24) is 10.2 Å². The second-order valence-electron chi connectivity index (χ2n) is 8.66. The Kier molecular flexibility index (Phi) is 7.74. The molecule has 5 heteroatoms. The maximum absolute atomic E-state index is 6.14. The lowest BCUT2D eigenvalue weighted by atomic mass is 9.85. The van der Waals surface area contributed by atoms with Crippen LogP contribution in [-0.2, 0) is 14.9 Å². The zero-order chi connectivity index (χ0) is 19.8. The molecule has 0 radical (unpaired) electrons. The first-order chi connectivity index (χ1) is 13.6. The van der Waals surface area contributed by atoms with Crippen LogP contribution in [0.3, 0.4) is 0 Å². The Morgan fingerprint density at radius 2 is 1.93 bits per heavy atom. The summed E-state index contributed by atoms with van der Waals surface area (Å²) in [6.45, 7) is 9.03. The number of piperidine rings is 1. The number of benzene rings is 1. The van der Waals surface area contributed by atoms with Gasteiger partial charge in [0.1, 0.15) is 0 Å². The Bertz CT molecular complexity index is 604. The SMILES string of the molecule is CN=C(NCC(C)(C)c1ccccc1)N1CCC(OCC2CCCCO2)CC1. The van der Waals surface area contributed by atoms with Crippen LogP contribution in [-0.4, -0.2) is 63.0 Å². The highest BCUT2D eigenvalue weighted by molar-refractivity contribution is 5.80. The Morgan fingerprint density at radius 3 is 2.57 bits per heavy atom. The van der Waals surface area contributed by atoms with E-state index in [1.54, 1.807) is 0 Å². The molecule has 2 aliphatic rings. The van der Waals surface area contributed by atoms with Crippen LogP contribution in [0, 0.1) is 0 Å². The monoisotopic (exact) mass is 387 g/mol. The summed E-state index contributed by atoms with van der Waals surface area (Å²) in [6.07, 6.45) is 6.37. The molecule has 1 unspecified atom stereocenters. The number of likely N-dealkylation sites (tertiary alicyclic amines) is 1. The summed E-state index contributed by atoms with van der Waals surface area (Å²) in [4.78, 5) is 6.88. The molecule has 1 N–H and O–H groups in total. The van der Waals surface area contributed by atoms with Crippen LogP contribution in [0.2, 0.25) is 0 Å². The molecule has 28 heavy (non-hydrogen) atoms. The average molecular weight is 388 g/mol. The number of ether oxygens (including phenoxy) is 2. The number of hydrogen-bond donors (Lipinski definition) is 1. The van der Waals surface area contributed by atoms with Crippen molar-refractivity contribution in [3.63, 3.8) is 0 Å². The lowest BCUT2D eigenvalue weighted by Crippen LogP contribution is -2.49. The molecule has 1 atom stereocenters. The van der Waals surface area contributed by atoms with Gasteiger partial charge in [-0.1, -0.05) is 44.2 Å². The van der Waals surface area contributed by atoms with Crippen LogP contribution in [0.5, 0.6) is 0 Å². The van der Waals surface area contributed by atoms with Gasteiger partial charge in [0.15, 0.2) is 5.96 Å². The van der Waals surface area contributed by atoms with E-state index < -0.39 is 0 Å². The second kappa shape index (κ2) is 10.3. The highest BCUT2D eigenvalue weighted by atomic mass is 16.5. The number of hydrogen-bond acceptors (Lipinski definition) is 3. The first kappa shape index (κ1) is 21.1. The number of guanidine groups is 1. The van der Waals surface area contributed by atoms with Gasteiger partial charge in [0.25, 0.3) is 0 Å². The zero-order valence-electron chi connectivity index (χ0n) is 17.8. The summed E-state index contributed by atoms with van der Waals surface area (Å²) >= 11 is 0. The van der Waals surface area contributed by atoms with E-state index >= 15 is 0 Å². The molecule has 0 bridgehead atoms. The normalized spacial score (nSPS) is 22.3. The van der Waals surface area contributed by atoms with Crippen molar-refractivity contribution in [2.45, 2.75) is 63.6 Å². The quantitative estimate of drug-likeness (QED) is 0.599. The van der Waals surface area contributed by atoms with Gasteiger partial charge in [-0.3, -0.25) is 4.99 Å². The van der Waals surface area contributed by atoms with E-state index in [-0.39, 0.29) is 5.41 Å². The molecule has 2 fully saturated rings. The number of aliphatic imine (C=N–C) groups is 1. The van der Waals surface area contributed by atoms with Crippen LogP contribution in [0.25, 0.3) is 0 Å². The lowest BCUT2D eigenvalue weighted by Gasteiger charge is -2.36. The molecule has 2 saturated heterocycles. The minimum absolute atomic E-state index is 0.0542. The van der Waals surface area contributed by atoms with Gasteiger partial charge in [-0.25, -0.2) is 0 Å². The summed E-state index contributed by atoms with van der Waals surface area (Å²) < 4.78 is 11.9. The number of rotatable bonds is 6. The van der Waals surface area contributed by atoms with Gasteiger partial charge >= 0.3 is 0 Å². The summed E-state index contributed by atoms with van der Waals surface area (Å²) in [5, 5.41) is 3.59. The van der Waals surface area contributed by atoms with Crippen molar-refractivity contribution in [3.05, 3.63) is 35.9 Å². The highest BCUT2D eigenvalue weighted by Crippen LogP contribution is 2.22. The van der Waals surface area contributed by atoms with Crippen LogP contribution < -0.4 is 5.32 Å². The fraction of sp³-hybridized carbons (Fsp3) is 0.696. The van der Waals surface area contributed by atoms with E-state index in [2.05, 4.69) is 59.4 Å². The van der Waals surface area contributed by atoms with Gasteiger partial charge in [-0.05, 0) is 37.7 Å². The van der Waals surface area contributed by atoms with Gasteiger partial charge in [0.05, 0.1) is 18.8 Å². The Hall–Kier alpha value is -1.59. The first-order valence-electron chi connectivity index (χ1n) is 10.8. The van der Waals surface area contributed by atoms with Gasteiger partial charge in [0.2, 0.25) is 0 Å². The maximum Gasteiger partial charge on any atom is 0.193 e. The maximum atomic E-state index is 6.14. The molecule has 156 valence electrons. The third-order valence-electron chi connectivity index (χ3n) is 5.99. The van der Waals surface area contributed by atoms with Crippen molar-refractivity contribution in [1.29, 1.82) is 0 Å². The molecule has 0 amide bonds. The number of nitrogens with zero attached hydrogens (tertiary/aromatic N) is 2.